The minimum atomic E-state index is -0.127. The average Bonchev–Trinajstić information content (AvgIpc) is 3.26. The summed E-state index contributed by atoms with van der Waals surface area (Å²) in [5.41, 5.74) is 0.674. The van der Waals surface area contributed by atoms with Gasteiger partial charge >= 0.3 is 0 Å². The van der Waals surface area contributed by atoms with Gasteiger partial charge in [-0.2, -0.15) is 0 Å². The molecular weight excluding hydrogens is 307 g/mol. The maximum absolute atomic E-state index is 14.1. The van der Waals surface area contributed by atoms with E-state index >= 15 is 0 Å². The van der Waals surface area contributed by atoms with Gasteiger partial charge in [-0.1, -0.05) is 18.2 Å². The molecular formula is C17H23FN6. The topological polar surface area (TPSA) is 67.1 Å². The molecule has 0 bridgehead atoms. The van der Waals surface area contributed by atoms with Crippen molar-refractivity contribution in [1.29, 1.82) is 0 Å². The number of rotatable bonds is 6. The van der Waals surface area contributed by atoms with Crippen LogP contribution in [0.5, 0.6) is 0 Å². The molecule has 0 saturated heterocycles. The van der Waals surface area contributed by atoms with Gasteiger partial charge in [-0.3, -0.25) is 0 Å². The molecule has 24 heavy (non-hydrogen) atoms. The summed E-state index contributed by atoms with van der Waals surface area (Å²) in [5.74, 6) is 1.38. The zero-order chi connectivity index (χ0) is 17.0. The molecule has 2 N–H and O–H groups in total. The van der Waals surface area contributed by atoms with Gasteiger partial charge in [0, 0.05) is 25.6 Å². The molecule has 0 unspecified atom stereocenters. The van der Waals surface area contributed by atoms with E-state index in [0.717, 1.165) is 30.8 Å². The number of aryl methyl sites for hydroxylation is 1. The predicted molar refractivity (Wildman–Crippen MR) is 91.1 cm³/mol. The minimum absolute atomic E-state index is 0.119. The van der Waals surface area contributed by atoms with Crippen LogP contribution in [0.15, 0.2) is 35.6 Å². The molecule has 1 aliphatic carbocycles. The minimum Gasteiger partial charge on any atom is -0.357 e. The molecule has 0 spiro atoms. The number of benzene rings is 1. The highest BCUT2D eigenvalue weighted by atomic mass is 19.1. The van der Waals surface area contributed by atoms with E-state index in [9.17, 15) is 4.39 Å². The molecule has 1 heterocycles. The number of halogens is 1. The summed E-state index contributed by atoms with van der Waals surface area (Å²) in [6.45, 7) is 3.89. The van der Waals surface area contributed by atoms with Crippen molar-refractivity contribution >= 4 is 5.96 Å². The van der Waals surface area contributed by atoms with E-state index in [-0.39, 0.29) is 11.2 Å². The lowest BCUT2D eigenvalue weighted by atomic mass is 9.95. The average molecular weight is 330 g/mol. The lowest BCUT2D eigenvalue weighted by molar-refractivity contribution is 0.559. The highest BCUT2D eigenvalue weighted by Crippen LogP contribution is 2.48. The number of nitrogens with one attached hydrogen (secondary N) is 2. The van der Waals surface area contributed by atoms with Gasteiger partial charge in [-0.25, -0.2) is 9.38 Å². The van der Waals surface area contributed by atoms with Crippen molar-refractivity contribution in [3.63, 3.8) is 0 Å². The summed E-state index contributed by atoms with van der Waals surface area (Å²) in [6.07, 6.45) is 3.63. The fourth-order valence-corrected chi connectivity index (χ4v) is 2.78. The van der Waals surface area contributed by atoms with Gasteiger partial charge < -0.3 is 15.2 Å². The van der Waals surface area contributed by atoms with Crippen molar-refractivity contribution in [2.45, 2.75) is 31.7 Å². The largest absolute Gasteiger partial charge is 0.357 e. The maximum atomic E-state index is 14.1. The van der Waals surface area contributed by atoms with Crippen molar-refractivity contribution in [3.8, 4) is 0 Å². The molecule has 3 rings (SSSR count). The van der Waals surface area contributed by atoms with Crippen LogP contribution in [0, 0.1) is 5.82 Å². The van der Waals surface area contributed by atoms with Crippen LogP contribution >= 0.6 is 0 Å². The van der Waals surface area contributed by atoms with E-state index in [1.54, 1.807) is 12.4 Å². The molecule has 1 aliphatic rings. The normalized spacial score (nSPS) is 16.0. The third-order valence-corrected chi connectivity index (χ3v) is 4.42. The monoisotopic (exact) mass is 330 g/mol. The van der Waals surface area contributed by atoms with E-state index in [1.165, 1.54) is 6.07 Å². The van der Waals surface area contributed by atoms with Crippen molar-refractivity contribution < 1.29 is 4.39 Å². The third-order valence-electron chi connectivity index (χ3n) is 4.42. The third kappa shape index (κ3) is 3.55. The Labute approximate surface area is 141 Å². The molecule has 0 amide bonds. The van der Waals surface area contributed by atoms with Crippen LogP contribution in [0.3, 0.4) is 0 Å². The molecule has 7 heteroatoms. The van der Waals surface area contributed by atoms with Crippen LogP contribution in [0.1, 0.15) is 31.2 Å². The van der Waals surface area contributed by atoms with Crippen molar-refractivity contribution in [1.82, 2.24) is 25.4 Å². The van der Waals surface area contributed by atoms with Gasteiger partial charge in [0.2, 0.25) is 0 Å². The van der Waals surface area contributed by atoms with Gasteiger partial charge in [0.1, 0.15) is 18.7 Å². The fraction of sp³-hybridized carbons (Fsp3) is 0.471. The van der Waals surface area contributed by atoms with Crippen LogP contribution < -0.4 is 10.6 Å². The lowest BCUT2D eigenvalue weighted by Crippen LogP contribution is -2.41. The molecule has 1 fully saturated rings. The highest BCUT2D eigenvalue weighted by molar-refractivity contribution is 5.79. The van der Waals surface area contributed by atoms with Gasteiger partial charge in [-0.15, -0.1) is 10.2 Å². The quantitative estimate of drug-likeness (QED) is 0.625. The zero-order valence-electron chi connectivity index (χ0n) is 14.1. The second-order valence-electron chi connectivity index (χ2n) is 6.17. The number of aromatic nitrogens is 3. The summed E-state index contributed by atoms with van der Waals surface area (Å²) in [7, 11) is 1.89. The van der Waals surface area contributed by atoms with E-state index in [4.69, 9.17) is 0 Å². The summed E-state index contributed by atoms with van der Waals surface area (Å²) in [4.78, 5) is 4.54. The number of nitrogens with zero attached hydrogens (tertiary/aromatic N) is 4. The van der Waals surface area contributed by atoms with Crippen LogP contribution in [0.4, 0.5) is 4.39 Å². The van der Waals surface area contributed by atoms with Crippen molar-refractivity contribution in [2.24, 2.45) is 12.0 Å². The van der Waals surface area contributed by atoms with Gasteiger partial charge in [0.05, 0.1) is 0 Å². The summed E-state index contributed by atoms with van der Waals surface area (Å²) >= 11 is 0. The Morgan fingerprint density at radius 3 is 2.75 bits per heavy atom. The molecule has 1 aromatic carbocycles. The lowest BCUT2D eigenvalue weighted by Gasteiger charge is -2.19. The Hall–Kier alpha value is -2.44. The molecule has 1 aromatic heterocycles. The van der Waals surface area contributed by atoms with Gasteiger partial charge in [0.15, 0.2) is 11.8 Å². The smallest absolute Gasteiger partial charge is 0.191 e. The summed E-state index contributed by atoms with van der Waals surface area (Å²) < 4.78 is 15.9. The van der Waals surface area contributed by atoms with Crippen LogP contribution in [-0.2, 0) is 19.0 Å². The highest BCUT2D eigenvalue weighted by Gasteiger charge is 2.45. The zero-order valence-corrected chi connectivity index (χ0v) is 14.1. The van der Waals surface area contributed by atoms with Crippen molar-refractivity contribution in [3.05, 3.63) is 47.8 Å². The Morgan fingerprint density at radius 1 is 1.33 bits per heavy atom. The second kappa shape index (κ2) is 6.98. The molecule has 0 aliphatic heterocycles. The molecule has 2 aromatic rings. The SMILES string of the molecule is CCNC(=NCc1nncn1C)NCC1(c2ccccc2F)CC1. The first-order valence-corrected chi connectivity index (χ1v) is 8.25. The van der Waals surface area contributed by atoms with Gasteiger partial charge in [-0.05, 0) is 31.4 Å². The molecule has 0 atom stereocenters. The molecule has 6 nitrogen and oxygen atoms in total. The Kier molecular flexibility index (Phi) is 4.78. The first-order valence-electron chi connectivity index (χ1n) is 8.25. The van der Waals surface area contributed by atoms with E-state index in [1.807, 2.05) is 30.7 Å². The molecule has 1 saturated carbocycles. The Morgan fingerprint density at radius 2 is 2.12 bits per heavy atom. The summed E-state index contributed by atoms with van der Waals surface area (Å²) in [5, 5.41) is 14.4. The van der Waals surface area contributed by atoms with E-state index in [2.05, 4.69) is 25.8 Å². The van der Waals surface area contributed by atoms with E-state index < -0.39 is 0 Å². The Balaban J connectivity index is 1.66. The standard InChI is InChI=1S/C17H23FN6/c1-3-19-16(20-10-15-23-22-12-24(15)2)21-11-17(8-9-17)13-6-4-5-7-14(13)18/h4-7,12H,3,8-11H2,1-2H3,(H2,19,20,21). The number of hydrogen-bond acceptors (Lipinski definition) is 3. The van der Waals surface area contributed by atoms with Crippen LogP contribution in [0.25, 0.3) is 0 Å². The molecule has 0 radical (unpaired) electrons. The molecule has 128 valence electrons. The number of guanidine groups is 1. The van der Waals surface area contributed by atoms with Crippen LogP contribution in [0.2, 0.25) is 0 Å². The number of aliphatic imine (C=N–C) groups is 1. The predicted octanol–water partition coefficient (Wildman–Crippen LogP) is 1.74. The summed E-state index contributed by atoms with van der Waals surface area (Å²) in [6, 6.07) is 7.04. The Bertz CT molecular complexity index is 719. The second-order valence-corrected chi connectivity index (χ2v) is 6.17. The fourth-order valence-electron chi connectivity index (χ4n) is 2.78. The van der Waals surface area contributed by atoms with Crippen LogP contribution in [-0.4, -0.2) is 33.8 Å². The first kappa shape index (κ1) is 16.4. The van der Waals surface area contributed by atoms with E-state index in [0.29, 0.717) is 19.0 Å². The van der Waals surface area contributed by atoms with Crippen molar-refractivity contribution in [2.75, 3.05) is 13.1 Å². The van der Waals surface area contributed by atoms with Gasteiger partial charge in [0.25, 0.3) is 0 Å². The maximum Gasteiger partial charge on any atom is 0.191 e. The number of hydrogen-bond donors (Lipinski definition) is 2. The first-order chi connectivity index (χ1) is 11.6.